The number of ether oxygens (including phenoxy) is 2. The van der Waals surface area contributed by atoms with E-state index in [1.807, 2.05) is 0 Å². The zero-order valence-electron chi connectivity index (χ0n) is 9.24. The average Bonchev–Trinajstić information content (AvgIpc) is 2.00. The summed E-state index contributed by atoms with van der Waals surface area (Å²) in [6, 6.07) is 0. The second-order valence-corrected chi connectivity index (χ2v) is 3.19. The Labute approximate surface area is 88.7 Å². The molecule has 0 radical (unpaired) electrons. The molecule has 0 aromatic heterocycles. The monoisotopic (exact) mass is 216 g/mol. The minimum atomic E-state index is -0.612. The Balaban J connectivity index is 3.82. The summed E-state index contributed by atoms with van der Waals surface area (Å²) in [5, 5.41) is 0. The minimum absolute atomic E-state index is 0.0114. The summed E-state index contributed by atoms with van der Waals surface area (Å²) in [5.41, 5.74) is 0. The molecule has 1 atom stereocenters. The van der Waals surface area contributed by atoms with Gasteiger partial charge in [0.1, 0.15) is 18.3 Å². The molecule has 0 bridgehead atoms. The number of rotatable bonds is 6. The standard InChI is InChI=1S/C10H16O5/c1-4-14-9(12)6-8(3)15-10(13)5-7(2)11/h8H,4-6H2,1-3H3/t8-/m1/s1. The van der Waals surface area contributed by atoms with Gasteiger partial charge in [0.25, 0.3) is 0 Å². The van der Waals surface area contributed by atoms with Gasteiger partial charge in [-0.15, -0.1) is 0 Å². The van der Waals surface area contributed by atoms with E-state index in [1.54, 1.807) is 13.8 Å². The van der Waals surface area contributed by atoms with Crippen molar-refractivity contribution in [2.24, 2.45) is 0 Å². The van der Waals surface area contributed by atoms with Gasteiger partial charge in [-0.25, -0.2) is 0 Å². The third-order valence-electron chi connectivity index (χ3n) is 1.49. The summed E-state index contributed by atoms with van der Waals surface area (Å²) in [6.45, 7) is 4.88. The van der Waals surface area contributed by atoms with Crippen LogP contribution in [-0.4, -0.2) is 30.4 Å². The van der Waals surface area contributed by atoms with Crippen LogP contribution in [0, 0.1) is 0 Å². The van der Waals surface area contributed by atoms with Crippen molar-refractivity contribution in [3.05, 3.63) is 0 Å². The maximum atomic E-state index is 11.0. The molecule has 0 saturated carbocycles. The van der Waals surface area contributed by atoms with E-state index in [-0.39, 0.29) is 18.6 Å². The molecule has 86 valence electrons. The van der Waals surface area contributed by atoms with E-state index in [2.05, 4.69) is 4.74 Å². The highest BCUT2D eigenvalue weighted by molar-refractivity contribution is 5.94. The van der Waals surface area contributed by atoms with Gasteiger partial charge in [0.15, 0.2) is 0 Å². The van der Waals surface area contributed by atoms with Gasteiger partial charge in [-0.3, -0.25) is 14.4 Å². The Morgan fingerprint density at radius 3 is 2.27 bits per heavy atom. The predicted octanol–water partition coefficient (Wildman–Crippen LogP) is 0.850. The third-order valence-corrected chi connectivity index (χ3v) is 1.49. The first kappa shape index (κ1) is 13.6. The SMILES string of the molecule is CCOC(=O)C[C@@H](C)OC(=O)CC(C)=O. The molecule has 5 heteroatoms. The molecule has 0 saturated heterocycles. The van der Waals surface area contributed by atoms with Gasteiger partial charge in [-0.05, 0) is 20.8 Å². The Morgan fingerprint density at radius 2 is 1.80 bits per heavy atom. The summed E-state index contributed by atoms with van der Waals surface area (Å²) < 4.78 is 9.50. The van der Waals surface area contributed by atoms with Gasteiger partial charge in [0.05, 0.1) is 13.0 Å². The zero-order chi connectivity index (χ0) is 11.8. The van der Waals surface area contributed by atoms with E-state index in [1.165, 1.54) is 6.92 Å². The molecule has 0 aromatic rings. The molecule has 0 N–H and O–H groups in total. The molecule has 0 aliphatic carbocycles. The number of carbonyl (C=O) groups excluding carboxylic acids is 3. The summed E-state index contributed by atoms with van der Waals surface area (Å²) in [6.07, 6.45) is -0.805. The molecule has 0 heterocycles. The minimum Gasteiger partial charge on any atom is -0.466 e. The molecule has 0 fully saturated rings. The lowest BCUT2D eigenvalue weighted by molar-refractivity contribution is -0.154. The van der Waals surface area contributed by atoms with Crippen LogP contribution in [0.25, 0.3) is 0 Å². The smallest absolute Gasteiger partial charge is 0.313 e. The molecular weight excluding hydrogens is 200 g/mol. The van der Waals surface area contributed by atoms with E-state index in [4.69, 9.17) is 4.74 Å². The number of hydrogen-bond acceptors (Lipinski definition) is 5. The van der Waals surface area contributed by atoms with Crippen LogP contribution in [0.4, 0.5) is 0 Å². The summed E-state index contributed by atoms with van der Waals surface area (Å²) >= 11 is 0. The fraction of sp³-hybridized carbons (Fsp3) is 0.700. The number of esters is 2. The van der Waals surface area contributed by atoms with Crippen LogP contribution in [0.15, 0.2) is 0 Å². The van der Waals surface area contributed by atoms with Crippen LogP contribution in [0.5, 0.6) is 0 Å². The van der Waals surface area contributed by atoms with Crippen molar-refractivity contribution in [2.75, 3.05) is 6.61 Å². The highest BCUT2D eigenvalue weighted by Gasteiger charge is 2.15. The molecule has 0 amide bonds. The zero-order valence-corrected chi connectivity index (χ0v) is 9.24. The van der Waals surface area contributed by atoms with Crippen LogP contribution < -0.4 is 0 Å². The molecule has 0 spiro atoms. The number of carbonyl (C=O) groups is 3. The molecule has 5 nitrogen and oxygen atoms in total. The maximum absolute atomic E-state index is 11.0. The van der Waals surface area contributed by atoms with Gasteiger partial charge >= 0.3 is 11.9 Å². The van der Waals surface area contributed by atoms with Crippen LogP contribution in [0.1, 0.15) is 33.6 Å². The van der Waals surface area contributed by atoms with Crippen molar-refractivity contribution in [2.45, 2.75) is 39.7 Å². The largest absolute Gasteiger partial charge is 0.466 e. The lowest BCUT2D eigenvalue weighted by Crippen LogP contribution is -2.21. The Kier molecular flexibility index (Phi) is 6.33. The second kappa shape index (κ2) is 6.98. The van der Waals surface area contributed by atoms with Gasteiger partial charge in [0, 0.05) is 0 Å². The summed E-state index contributed by atoms with van der Waals surface area (Å²) in [5.74, 6) is -1.29. The normalized spacial score (nSPS) is 11.7. The quantitative estimate of drug-likeness (QED) is 0.486. The summed E-state index contributed by atoms with van der Waals surface area (Å²) in [7, 11) is 0. The Morgan fingerprint density at radius 1 is 1.20 bits per heavy atom. The van der Waals surface area contributed by atoms with Crippen molar-refractivity contribution in [1.82, 2.24) is 0 Å². The molecule has 0 aliphatic heterocycles. The van der Waals surface area contributed by atoms with Gasteiger partial charge in [-0.2, -0.15) is 0 Å². The van der Waals surface area contributed by atoms with Crippen LogP contribution in [0.2, 0.25) is 0 Å². The first-order valence-electron chi connectivity index (χ1n) is 4.80. The third kappa shape index (κ3) is 7.66. The van der Waals surface area contributed by atoms with Crippen molar-refractivity contribution in [1.29, 1.82) is 0 Å². The van der Waals surface area contributed by atoms with E-state index < -0.39 is 18.0 Å². The highest BCUT2D eigenvalue weighted by atomic mass is 16.6. The first-order chi connectivity index (χ1) is 6.95. The topological polar surface area (TPSA) is 69.7 Å². The van der Waals surface area contributed by atoms with Crippen molar-refractivity contribution < 1.29 is 23.9 Å². The molecule has 0 unspecified atom stereocenters. The van der Waals surface area contributed by atoms with Gasteiger partial charge < -0.3 is 9.47 Å². The van der Waals surface area contributed by atoms with Crippen LogP contribution in [0.3, 0.4) is 0 Å². The van der Waals surface area contributed by atoms with E-state index in [0.29, 0.717) is 6.61 Å². The Bertz CT molecular complexity index is 246. The lowest BCUT2D eigenvalue weighted by atomic mass is 10.3. The average molecular weight is 216 g/mol. The Hall–Kier alpha value is -1.39. The number of Topliss-reactive ketones (excluding diaryl/α,β-unsaturated/α-hetero) is 1. The van der Waals surface area contributed by atoms with Gasteiger partial charge in [-0.1, -0.05) is 0 Å². The summed E-state index contributed by atoms with van der Waals surface area (Å²) in [4.78, 5) is 32.6. The number of ketones is 1. The van der Waals surface area contributed by atoms with E-state index >= 15 is 0 Å². The molecule has 15 heavy (non-hydrogen) atoms. The van der Waals surface area contributed by atoms with Crippen LogP contribution >= 0.6 is 0 Å². The fourth-order valence-corrected chi connectivity index (χ4v) is 0.966. The molecular formula is C10H16O5. The highest BCUT2D eigenvalue weighted by Crippen LogP contribution is 2.01. The van der Waals surface area contributed by atoms with Crippen molar-refractivity contribution in [3.8, 4) is 0 Å². The fourth-order valence-electron chi connectivity index (χ4n) is 0.966. The molecule has 0 rings (SSSR count). The van der Waals surface area contributed by atoms with Crippen molar-refractivity contribution in [3.63, 3.8) is 0 Å². The maximum Gasteiger partial charge on any atom is 0.313 e. The van der Waals surface area contributed by atoms with Gasteiger partial charge in [0.2, 0.25) is 0 Å². The van der Waals surface area contributed by atoms with Crippen LogP contribution in [-0.2, 0) is 23.9 Å². The molecule has 0 aliphatic rings. The van der Waals surface area contributed by atoms with Crippen molar-refractivity contribution >= 4 is 17.7 Å². The predicted molar refractivity (Wildman–Crippen MR) is 52.1 cm³/mol. The second-order valence-electron chi connectivity index (χ2n) is 3.19. The number of hydrogen-bond donors (Lipinski definition) is 0. The first-order valence-corrected chi connectivity index (χ1v) is 4.80. The van der Waals surface area contributed by atoms with E-state index in [9.17, 15) is 14.4 Å². The van der Waals surface area contributed by atoms with E-state index in [0.717, 1.165) is 0 Å². The molecule has 0 aromatic carbocycles. The lowest BCUT2D eigenvalue weighted by Gasteiger charge is -2.11.